The van der Waals surface area contributed by atoms with Crippen LogP contribution in [0.4, 0.5) is 25.0 Å². The molecule has 5 rings (SSSR count). The predicted molar refractivity (Wildman–Crippen MR) is 147 cm³/mol. The minimum absolute atomic E-state index is 0.0149. The van der Waals surface area contributed by atoms with Gasteiger partial charge in [0.15, 0.2) is 0 Å². The first kappa shape index (κ1) is 26.9. The quantitative estimate of drug-likeness (QED) is 0.233. The monoisotopic (exact) mass is 545 g/mol. The molecule has 206 valence electrons. The third-order valence-electron chi connectivity index (χ3n) is 6.81. The van der Waals surface area contributed by atoms with Gasteiger partial charge in [0.25, 0.3) is 0 Å². The van der Waals surface area contributed by atoms with Crippen LogP contribution < -0.4 is 14.8 Å². The second kappa shape index (κ2) is 12.5. The second-order valence-corrected chi connectivity index (χ2v) is 9.57. The van der Waals surface area contributed by atoms with Crippen molar-refractivity contribution in [3.8, 4) is 11.8 Å². The summed E-state index contributed by atoms with van der Waals surface area (Å²) < 4.78 is 42.2. The molecule has 1 aliphatic rings. The average Bonchev–Trinajstić information content (AvgIpc) is 2.97. The molecule has 1 amide bonds. The molecule has 1 fully saturated rings. The van der Waals surface area contributed by atoms with Crippen LogP contribution in [0.5, 0.6) is 11.8 Å². The first-order chi connectivity index (χ1) is 19.5. The maximum atomic E-state index is 15.2. The fourth-order valence-electron chi connectivity index (χ4n) is 4.73. The highest BCUT2D eigenvalue weighted by molar-refractivity contribution is 5.66. The Morgan fingerprint density at radius 3 is 2.02 bits per heavy atom. The molecular weight excluding hydrogens is 516 g/mol. The largest absolute Gasteiger partial charge is 0.473 e. The first-order valence-corrected chi connectivity index (χ1v) is 13.0. The summed E-state index contributed by atoms with van der Waals surface area (Å²) in [6.45, 7) is 1.04. The molecule has 0 atom stereocenters. The highest BCUT2D eigenvalue weighted by atomic mass is 19.1. The van der Waals surface area contributed by atoms with Gasteiger partial charge in [-0.05, 0) is 48.1 Å². The Balaban J connectivity index is 1.34. The summed E-state index contributed by atoms with van der Waals surface area (Å²) in [5.74, 6) is -1.19. The maximum absolute atomic E-state index is 15.2. The number of likely N-dealkylation sites (tertiary alicyclic amines) is 1. The lowest BCUT2D eigenvalue weighted by molar-refractivity contribution is 0.131. The van der Waals surface area contributed by atoms with E-state index in [-0.39, 0.29) is 36.8 Å². The predicted octanol–water partition coefficient (Wildman–Crippen LogP) is 7.12. The van der Waals surface area contributed by atoms with E-state index < -0.39 is 23.6 Å². The molecule has 40 heavy (non-hydrogen) atoms. The lowest BCUT2D eigenvalue weighted by Gasteiger charge is -2.30. The SMILES string of the molecule is O=C(O)N1CCC(c2c(F)cc(Nc3ccc(OCc4ccccc4)nc3OCc3ccccc3)cc2F)CC1. The van der Waals surface area contributed by atoms with Gasteiger partial charge >= 0.3 is 6.09 Å². The van der Waals surface area contributed by atoms with Crippen molar-refractivity contribution in [3.05, 3.63) is 113 Å². The second-order valence-electron chi connectivity index (χ2n) is 9.57. The number of anilines is 2. The highest BCUT2D eigenvalue weighted by Gasteiger charge is 2.28. The van der Waals surface area contributed by atoms with E-state index in [0.29, 0.717) is 31.0 Å². The molecule has 2 N–H and O–H groups in total. The van der Waals surface area contributed by atoms with Crippen molar-refractivity contribution in [2.75, 3.05) is 18.4 Å². The van der Waals surface area contributed by atoms with E-state index in [9.17, 15) is 4.79 Å². The van der Waals surface area contributed by atoms with Gasteiger partial charge in [0, 0.05) is 30.4 Å². The molecular formula is C31H29F2N3O4. The Morgan fingerprint density at radius 2 is 1.45 bits per heavy atom. The van der Waals surface area contributed by atoms with Gasteiger partial charge in [-0.1, -0.05) is 60.7 Å². The van der Waals surface area contributed by atoms with Crippen LogP contribution in [-0.4, -0.2) is 34.2 Å². The summed E-state index contributed by atoms with van der Waals surface area (Å²) in [6.07, 6.45) is -0.299. The number of hydrogen-bond acceptors (Lipinski definition) is 5. The molecule has 0 spiro atoms. The van der Waals surface area contributed by atoms with Gasteiger partial charge in [0.1, 0.15) is 30.5 Å². The molecule has 0 saturated carbocycles. The van der Waals surface area contributed by atoms with Crippen LogP contribution in [-0.2, 0) is 13.2 Å². The number of rotatable bonds is 9. The van der Waals surface area contributed by atoms with E-state index in [1.54, 1.807) is 12.1 Å². The molecule has 9 heteroatoms. The van der Waals surface area contributed by atoms with E-state index in [2.05, 4.69) is 10.3 Å². The number of pyridine rings is 1. The van der Waals surface area contributed by atoms with Crippen LogP contribution in [0.15, 0.2) is 84.9 Å². The molecule has 0 unspecified atom stereocenters. The summed E-state index contributed by atoms with van der Waals surface area (Å²) in [5, 5.41) is 12.2. The molecule has 3 aromatic carbocycles. The number of piperidine rings is 1. The summed E-state index contributed by atoms with van der Waals surface area (Å²) in [6, 6.07) is 25.1. The van der Waals surface area contributed by atoms with Crippen LogP contribution in [0, 0.1) is 11.6 Å². The number of nitrogens with one attached hydrogen (secondary N) is 1. The third-order valence-corrected chi connectivity index (χ3v) is 6.81. The maximum Gasteiger partial charge on any atom is 0.407 e. The molecule has 2 heterocycles. The summed E-state index contributed by atoms with van der Waals surface area (Å²) in [7, 11) is 0. The van der Waals surface area contributed by atoms with Crippen molar-refractivity contribution in [2.24, 2.45) is 0 Å². The van der Waals surface area contributed by atoms with Gasteiger partial charge in [-0.2, -0.15) is 4.98 Å². The number of carboxylic acid groups (broad SMARTS) is 1. The molecule has 0 radical (unpaired) electrons. The summed E-state index contributed by atoms with van der Waals surface area (Å²) in [5.41, 5.74) is 2.52. The van der Waals surface area contributed by atoms with Crippen molar-refractivity contribution in [2.45, 2.75) is 32.0 Å². The van der Waals surface area contributed by atoms with Crippen molar-refractivity contribution < 1.29 is 28.2 Å². The Hall–Kier alpha value is -4.66. The number of hydrogen-bond donors (Lipinski definition) is 2. The molecule has 0 aliphatic carbocycles. The molecule has 4 aromatic rings. The molecule has 1 saturated heterocycles. The number of ether oxygens (including phenoxy) is 2. The molecule has 0 bridgehead atoms. The zero-order chi connectivity index (χ0) is 27.9. The number of halogens is 2. The van der Waals surface area contributed by atoms with Crippen molar-refractivity contribution in [1.29, 1.82) is 0 Å². The van der Waals surface area contributed by atoms with E-state index in [1.807, 2.05) is 60.7 Å². The van der Waals surface area contributed by atoms with Gasteiger partial charge < -0.3 is 24.8 Å². The topological polar surface area (TPSA) is 83.9 Å². The first-order valence-electron chi connectivity index (χ1n) is 13.0. The van der Waals surface area contributed by atoms with E-state index in [0.717, 1.165) is 11.1 Å². The van der Waals surface area contributed by atoms with E-state index >= 15 is 8.78 Å². The minimum atomic E-state index is -1.02. The van der Waals surface area contributed by atoms with E-state index in [4.69, 9.17) is 14.6 Å². The van der Waals surface area contributed by atoms with Crippen molar-refractivity contribution >= 4 is 17.5 Å². The van der Waals surface area contributed by atoms with Crippen LogP contribution in [0.2, 0.25) is 0 Å². The average molecular weight is 546 g/mol. The number of benzene rings is 3. The standard InChI is InChI=1S/C31H29F2N3O4/c32-25-17-24(18-26(33)29(25)23-13-15-36(16-14-23)31(37)38)34-27-11-12-28(39-19-21-7-3-1-4-8-21)35-30(27)40-20-22-9-5-2-6-10-22/h1-12,17-18,23,34H,13-16,19-20H2,(H,37,38). The highest BCUT2D eigenvalue weighted by Crippen LogP contribution is 2.35. The summed E-state index contributed by atoms with van der Waals surface area (Å²) in [4.78, 5) is 16.9. The normalized spacial score (nSPS) is 13.6. The zero-order valence-corrected chi connectivity index (χ0v) is 21.7. The lowest BCUT2D eigenvalue weighted by atomic mass is 9.88. The van der Waals surface area contributed by atoms with Crippen LogP contribution in [0.1, 0.15) is 35.4 Å². The molecule has 1 aromatic heterocycles. The lowest BCUT2D eigenvalue weighted by Crippen LogP contribution is -2.37. The molecule has 1 aliphatic heterocycles. The number of amides is 1. The number of aromatic nitrogens is 1. The van der Waals surface area contributed by atoms with Crippen LogP contribution in [0.25, 0.3) is 0 Å². The van der Waals surface area contributed by atoms with Crippen molar-refractivity contribution in [1.82, 2.24) is 9.88 Å². The Morgan fingerprint density at radius 1 is 0.875 bits per heavy atom. The van der Waals surface area contributed by atoms with E-state index in [1.165, 1.54) is 17.0 Å². The molecule has 7 nitrogen and oxygen atoms in total. The van der Waals surface area contributed by atoms with Crippen molar-refractivity contribution in [3.63, 3.8) is 0 Å². The van der Waals surface area contributed by atoms with Gasteiger partial charge in [-0.25, -0.2) is 13.6 Å². The minimum Gasteiger partial charge on any atom is -0.473 e. The fraction of sp³-hybridized carbons (Fsp3) is 0.226. The van der Waals surface area contributed by atoms with Crippen LogP contribution in [0.3, 0.4) is 0 Å². The van der Waals surface area contributed by atoms with Gasteiger partial charge in [-0.15, -0.1) is 0 Å². The number of carbonyl (C=O) groups is 1. The summed E-state index contributed by atoms with van der Waals surface area (Å²) >= 11 is 0. The van der Waals surface area contributed by atoms with Gasteiger partial charge in [-0.3, -0.25) is 0 Å². The Bertz CT molecular complexity index is 1420. The van der Waals surface area contributed by atoms with Crippen LogP contribution >= 0.6 is 0 Å². The Labute approximate surface area is 231 Å². The smallest absolute Gasteiger partial charge is 0.407 e. The fourth-order valence-corrected chi connectivity index (χ4v) is 4.73. The third kappa shape index (κ3) is 6.66. The van der Waals surface area contributed by atoms with Gasteiger partial charge in [0.05, 0.1) is 0 Å². The number of nitrogens with zero attached hydrogens (tertiary/aromatic N) is 2. The van der Waals surface area contributed by atoms with Gasteiger partial charge in [0.2, 0.25) is 11.8 Å². The zero-order valence-electron chi connectivity index (χ0n) is 21.7. The Kier molecular flexibility index (Phi) is 8.39.